The van der Waals surface area contributed by atoms with Gasteiger partial charge in [-0.1, -0.05) is 0 Å². The van der Waals surface area contributed by atoms with E-state index in [0.29, 0.717) is 12.4 Å². The van der Waals surface area contributed by atoms with Crippen LogP contribution in [0.15, 0.2) is 29.2 Å². The zero-order chi connectivity index (χ0) is 14.6. The summed E-state index contributed by atoms with van der Waals surface area (Å²) in [6.45, 7) is 4.53. The maximum Gasteiger partial charge on any atom is 0.341 e. The SMILES string of the molecule is CC(C)N(CCCl)c1ccc(S(=O)(=O)C(F)F)cc1. The Morgan fingerprint density at radius 2 is 1.74 bits per heavy atom. The molecule has 7 heteroatoms. The quantitative estimate of drug-likeness (QED) is 0.757. The Labute approximate surface area is 117 Å². The highest BCUT2D eigenvalue weighted by atomic mass is 35.5. The first kappa shape index (κ1) is 16.2. The molecule has 0 aromatic heterocycles. The minimum Gasteiger partial charge on any atom is -0.368 e. The Morgan fingerprint density at radius 3 is 2.11 bits per heavy atom. The van der Waals surface area contributed by atoms with E-state index in [-0.39, 0.29) is 10.9 Å². The lowest BCUT2D eigenvalue weighted by Crippen LogP contribution is -2.32. The van der Waals surface area contributed by atoms with Crippen LogP contribution in [0, 0.1) is 0 Å². The standard InChI is InChI=1S/C12H16ClF2NO2S/c1-9(2)16(8-7-13)10-3-5-11(6-4-10)19(17,18)12(14)15/h3-6,9,12H,7-8H2,1-2H3. The highest BCUT2D eigenvalue weighted by Crippen LogP contribution is 2.23. The first-order chi connectivity index (χ1) is 8.80. The van der Waals surface area contributed by atoms with E-state index in [1.54, 1.807) is 0 Å². The van der Waals surface area contributed by atoms with Gasteiger partial charge in [0.2, 0.25) is 9.84 Å². The highest BCUT2D eigenvalue weighted by Gasteiger charge is 2.26. The summed E-state index contributed by atoms with van der Waals surface area (Å²) in [5.74, 6) is -2.97. The number of anilines is 1. The number of hydrogen-bond donors (Lipinski definition) is 0. The molecule has 0 heterocycles. The fourth-order valence-electron chi connectivity index (χ4n) is 1.71. The second-order valence-corrected chi connectivity index (χ2v) is 6.57. The number of hydrogen-bond acceptors (Lipinski definition) is 3. The summed E-state index contributed by atoms with van der Waals surface area (Å²) in [5, 5.41) is 0. The highest BCUT2D eigenvalue weighted by molar-refractivity contribution is 7.91. The maximum absolute atomic E-state index is 12.4. The molecular formula is C12H16ClF2NO2S. The first-order valence-corrected chi connectivity index (χ1v) is 7.83. The van der Waals surface area contributed by atoms with E-state index in [0.717, 1.165) is 5.69 Å². The van der Waals surface area contributed by atoms with Gasteiger partial charge in [-0.3, -0.25) is 0 Å². The summed E-state index contributed by atoms with van der Waals surface area (Å²) in [7, 11) is -4.53. The number of nitrogens with zero attached hydrogens (tertiary/aromatic N) is 1. The van der Waals surface area contributed by atoms with Crippen molar-refractivity contribution in [1.82, 2.24) is 0 Å². The molecule has 1 aromatic rings. The lowest BCUT2D eigenvalue weighted by Gasteiger charge is -2.28. The second kappa shape index (κ2) is 6.52. The average molecular weight is 312 g/mol. The van der Waals surface area contributed by atoms with Gasteiger partial charge < -0.3 is 4.90 Å². The third-order valence-electron chi connectivity index (χ3n) is 2.68. The van der Waals surface area contributed by atoms with Crippen molar-refractivity contribution in [3.05, 3.63) is 24.3 Å². The van der Waals surface area contributed by atoms with Crippen LogP contribution in [0.25, 0.3) is 0 Å². The molecule has 0 unspecified atom stereocenters. The van der Waals surface area contributed by atoms with Crippen molar-refractivity contribution in [2.75, 3.05) is 17.3 Å². The van der Waals surface area contributed by atoms with E-state index in [2.05, 4.69) is 0 Å². The van der Waals surface area contributed by atoms with Crippen LogP contribution in [0.5, 0.6) is 0 Å². The average Bonchev–Trinajstić information content (AvgIpc) is 2.35. The molecule has 0 aliphatic carbocycles. The normalized spacial score (nSPS) is 12.2. The van der Waals surface area contributed by atoms with E-state index in [1.165, 1.54) is 24.3 Å². The fourth-order valence-corrected chi connectivity index (χ4v) is 2.61. The van der Waals surface area contributed by atoms with Gasteiger partial charge in [0.25, 0.3) is 0 Å². The Morgan fingerprint density at radius 1 is 1.21 bits per heavy atom. The molecule has 0 saturated carbocycles. The topological polar surface area (TPSA) is 37.4 Å². The lowest BCUT2D eigenvalue weighted by atomic mass is 10.2. The molecule has 0 fully saturated rings. The molecule has 0 amide bonds. The first-order valence-electron chi connectivity index (χ1n) is 5.75. The van der Waals surface area contributed by atoms with Crippen molar-refractivity contribution < 1.29 is 17.2 Å². The molecule has 1 aromatic carbocycles. The van der Waals surface area contributed by atoms with Gasteiger partial charge in [0.1, 0.15) is 0 Å². The third kappa shape index (κ3) is 3.79. The summed E-state index contributed by atoms with van der Waals surface area (Å²) in [6, 6.07) is 5.60. The van der Waals surface area contributed by atoms with Crippen LogP contribution in [-0.2, 0) is 9.84 Å². The summed E-state index contributed by atoms with van der Waals surface area (Å²) >= 11 is 5.70. The molecule has 0 bridgehead atoms. The van der Waals surface area contributed by atoms with E-state index in [1.807, 2.05) is 18.7 Å². The number of benzene rings is 1. The third-order valence-corrected chi connectivity index (χ3v) is 4.25. The summed E-state index contributed by atoms with van der Waals surface area (Å²) in [4.78, 5) is 1.59. The van der Waals surface area contributed by atoms with E-state index in [9.17, 15) is 17.2 Å². The zero-order valence-electron chi connectivity index (χ0n) is 10.7. The predicted molar refractivity (Wildman–Crippen MR) is 72.8 cm³/mol. The predicted octanol–water partition coefficient (Wildman–Crippen LogP) is 3.14. The van der Waals surface area contributed by atoms with Crippen LogP contribution in [0.4, 0.5) is 14.5 Å². The van der Waals surface area contributed by atoms with Crippen molar-refractivity contribution >= 4 is 27.1 Å². The molecule has 0 atom stereocenters. The Hall–Kier alpha value is -0.880. The zero-order valence-corrected chi connectivity index (χ0v) is 12.3. The van der Waals surface area contributed by atoms with Crippen molar-refractivity contribution in [3.63, 3.8) is 0 Å². The molecule has 1 rings (SSSR count). The van der Waals surface area contributed by atoms with Gasteiger partial charge in [-0.25, -0.2) is 8.42 Å². The maximum atomic E-state index is 12.4. The molecule has 3 nitrogen and oxygen atoms in total. The largest absolute Gasteiger partial charge is 0.368 e. The van der Waals surface area contributed by atoms with Crippen LogP contribution in [0.1, 0.15) is 13.8 Å². The Kier molecular flexibility index (Phi) is 5.55. The van der Waals surface area contributed by atoms with Gasteiger partial charge in [0.15, 0.2) is 0 Å². The van der Waals surface area contributed by atoms with Gasteiger partial charge >= 0.3 is 5.76 Å². The van der Waals surface area contributed by atoms with Crippen LogP contribution >= 0.6 is 11.6 Å². The van der Waals surface area contributed by atoms with Crippen molar-refractivity contribution in [2.24, 2.45) is 0 Å². The molecule has 0 aliphatic rings. The summed E-state index contributed by atoms with van der Waals surface area (Å²) < 4.78 is 47.4. The van der Waals surface area contributed by atoms with Crippen LogP contribution in [0.3, 0.4) is 0 Å². The fraction of sp³-hybridized carbons (Fsp3) is 0.500. The van der Waals surface area contributed by atoms with Crippen LogP contribution in [0.2, 0.25) is 0 Å². The lowest BCUT2D eigenvalue weighted by molar-refractivity contribution is 0.234. The second-order valence-electron chi connectivity index (χ2n) is 4.28. The van der Waals surface area contributed by atoms with Crippen LogP contribution in [-0.4, -0.2) is 32.6 Å². The monoisotopic (exact) mass is 311 g/mol. The molecule has 0 spiro atoms. The molecule has 0 aliphatic heterocycles. The van der Waals surface area contributed by atoms with Gasteiger partial charge in [-0.2, -0.15) is 8.78 Å². The molecule has 108 valence electrons. The summed E-state index contributed by atoms with van der Waals surface area (Å²) in [6.07, 6.45) is 0. The molecular weight excluding hydrogens is 296 g/mol. The van der Waals surface area contributed by atoms with Crippen LogP contribution < -0.4 is 4.90 Å². The van der Waals surface area contributed by atoms with E-state index >= 15 is 0 Å². The van der Waals surface area contributed by atoms with Gasteiger partial charge in [0.05, 0.1) is 4.90 Å². The number of alkyl halides is 3. The molecule has 19 heavy (non-hydrogen) atoms. The van der Waals surface area contributed by atoms with Crippen molar-refractivity contribution in [2.45, 2.75) is 30.5 Å². The smallest absolute Gasteiger partial charge is 0.341 e. The number of sulfone groups is 1. The molecule has 0 saturated heterocycles. The van der Waals surface area contributed by atoms with E-state index in [4.69, 9.17) is 11.6 Å². The van der Waals surface area contributed by atoms with Crippen molar-refractivity contribution in [1.29, 1.82) is 0 Å². The van der Waals surface area contributed by atoms with Gasteiger partial charge in [0, 0.05) is 24.2 Å². The van der Waals surface area contributed by atoms with Crippen molar-refractivity contribution in [3.8, 4) is 0 Å². The summed E-state index contributed by atoms with van der Waals surface area (Å²) in [5.41, 5.74) is 0.754. The minimum atomic E-state index is -4.53. The number of rotatable bonds is 6. The molecule has 0 radical (unpaired) electrons. The Bertz CT molecular complexity index is 503. The minimum absolute atomic E-state index is 0.177. The van der Waals surface area contributed by atoms with E-state index < -0.39 is 15.6 Å². The number of halogens is 3. The Balaban J connectivity index is 3.05. The van der Waals surface area contributed by atoms with Gasteiger partial charge in [-0.05, 0) is 38.1 Å². The molecule has 0 N–H and O–H groups in total. The van der Waals surface area contributed by atoms with Gasteiger partial charge in [-0.15, -0.1) is 11.6 Å².